The molecule has 0 saturated carbocycles. The first kappa shape index (κ1) is 21.6. The summed E-state index contributed by atoms with van der Waals surface area (Å²) in [5, 5.41) is 6.37. The normalized spacial score (nSPS) is 26.2. The van der Waals surface area contributed by atoms with Gasteiger partial charge in [0, 0.05) is 44.5 Å². The van der Waals surface area contributed by atoms with Gasteiger partial charge in [-0.3, -0.25) is 4.79 Å². The Kier molecular flexibility index (Phi) is 6.36. The van der Waals surface area contributed by atoms with Crippen LogP contribution in [0.15, 0.2) is 23.1 Å². The molecule has 1 aromatic rings. The SMILES string of the molecule is CC1CCN(S(=O)(=O)c2ccc3c(c2)C(C)C(C(=O)NCC2CCOCC2)N3)CC1. The van der Waals surface area contributed by atoms with Gasteiger partial charge in [0.15, 0.2) is 0 Å². The molecule has 7 nitrogen and oxygen atoms in total. The Bertz CT molecular complexity index is 874. The highest BCUT2D eigenvalue weighted by Crippen LogP contribution is 2.38. The van der Waals surface area contributed by atoms with Crippen LogP contribution in [0.25, 0.3) is 0 Å². The lowest BCUT2D eigenvalue weighted by molar-refractivity contribution is -0.122. The minimum absolute atomic E-state index is 0.0281. The van der Waals surface area contributed by atoms with Crippen LogP contribution in [0.5, 0.6) is 0 Å². The Morgan fingerprint density at radius 1 is 1.17 bits per heavy atom. The lowest BCUT2D eigenvalue weighted by atomic mass is 9.96. The van der Waals surface area contributed by atoms with Gasteiger partial charge in [0.05, 0.1) is 4.90 Å². The van der Waals surface area contributed by atoms with Crippen molar-refractivity contribution in [1.82, 2.24) is 9.62 Å². The Labute approximate surface area is 179 Å². The molecular formula is C22H33N3O4S. The maximum Gasteiger partial charge on any atom is 0.243 e. The lowest BCUT2D eigenvalue weighted by Crippen LogP contribution is -2.42. The molecule has 1 amide bonds. The van der Waals surface area contributed by atoms with E-state index in [1.165, 1.54) is 0 Å². The molecule has 4 rings (SSSR count). The van der Waals surface area contributed by atoms with E-state index in [9.17, 15) is 13.2 Å². The number of benzene rings is 1. The molecule has 3 aliphatic heterocycles. The average molecular weight is 436 g/mol. The standard InChI is InChI=1S/C22H33N3O4S/c1-15-5-9-25(10-6-15)30(27,28)18-3-4-20-19(13-18)16(2)21(24-20)22(26)23-14-17-7-11-29-12-8-17/h3-4,13,15-17,21,24H,5-12,14H2,1-2H3,(H,23,26). The molecule has 0 spiro atoms. The average Bonchev–Trinajstić information content (AvgIpc) is 3.09. The van der Waals surface area contributed by atoms with E-state index in [0.717, 1.165) is 50.1 Å². The Morgan fingerprint density at radius 3 is 2.57 bits per heavy atom. The van der Waals surface area contributed by atoms with Crippen LogP contribution in [-0.4, -0.2) is 57.5 Å². The Hall–Kier alpha value is -1.64. The van der Waals surface area contributed by atoms with Crippen molar-refractivity contribution in [3.63, 3.8) is 0 Å². The van der Waals surface area contributed by atoms with E-state index in [4.69, 9.17) is 4.74 Å². The number of hydrogen-bond acceptors (Lipinski definition) is 5. The number of carbonyl (C=O) groups is 1. The van der Waals surface area contributed by atoms with Crippen LogP contribution in [0.1, 0.15) is 51.0 Å². The van der Waals surface area contributed by atoms with Gasteiger partial charge in [-0.1, -0.05) is 13.8 Å². The quantitative estimate of drug-likeness (QED) is 0.742. The van der Waals surface area contributed by atoms with Crippen LogP contribution in [0.4, 0.5) is 5.69 Å². The van der Waals surface area contributed by atoms with Crippen LogP contribution in [-0.2, 0) is 19.6 Å². The third-order valence-electron chi connectivity index (χ3n) is 6.89. The second-order valence-electron chi connectivity index (χ2n) is 9.05. The lowest BCUT2D eigenvalue weighted by Gasteiger charge is -2.29. The van der Waals surface area contributed by atoms with Crippen LogP contribution in [0.3, 0.4) is 0 Å². The molecule has 3 heterocycles. The highest BCUT2D eigenvalue weighted by atomic mass is 32.2. The summed E-state index contributed by atoms with van der Waals surface area (Å²) in [4.78, 5) is 13.1. The number of sulfonamides is 1. The Morgan fingerprint density at radius 2 is 1.87 bits per heavy atom. The zero-order valence-electron chi connectivity index (χ0n) is 17.9. The van der Waals surface area contributed by atoms with Gasteiger partial charge >= 0.3 is 0 Å². The number of piperidine rings is 1. The van der Waals surface area contributed by atoms with Crippen molar-refractivity contribution in [3.05, 3.63) is 23.8 Å². The van der Waals surface area contributed by atoms with Gasteiger partial charge in [-0.05, 0) is 61.3 Å². The third kappa shape index (κ3) is 4.36. The van der Waals surface area contributed by atoms with E-state index in [2.05, 4.69) is 17.6 Å². The second-order valence-corrected chi connectivity index (χ2v) is 11.0. The summed E-state index contributed by atoms with van der Waals surface area (Å²) in [6.07, 6.45) is 3.75. The first-order valence-corrected chi connectivity index (χ1v) is 12.6. The number of nitrogens with one attached hydrogen (secondary N) is 2. The predicted molar refractivity (Wildman–Crippen MR) is 116 cm³/mol. The topological polar surface area (TPSA) is 87.7 Å². The largest absolute Gasteiger partial charge is 0.381 e. The first-order valence-electron chi connectivity index (χ1n) is 11.1. The molecule has 0 aliphatic carbocycles. The zero-order valence-corrected chi connectivity index (χ0v) is 18.7. The molecular weight excluding hydrogens is 402 g/mol. The molecule has 2 atom stereocenters. The molecule has 30 heavy (non-hydrogen) atoms. The van der Waals surface area contributed by atoms with Crippen LogP contribution in [0.2, 0.25) is 0 Å². The van der Waals surface area contributed by atoms with Crippen molar-refractivity contribution >= 4 is 21.6 Å². The molecule has 2 saturated heterocycles. The summed E-state index contributed by atoms with van der Waals surface area (Å²) < 4.78 is 33.2. The molecule has 1 aromatic carbocycles. The number of anilines is 1. The van der Waals surface area contributed by atoms with Gasteiger partial charge in [0.25, 0.3) is 0 Å². The predicted octanol–water partition coefficient (Wildman–Crippen LogP) is 2.55. The van der Waals surface area contributed by atoms with Gasteiger partial charge in [-0.2, -0.15) is 4.31 Å². The van der Waals surface area contributed by atoms with Crippen molar-refractivity contribution in [1.29, 1.82) is 0 Å². The molecule has 2 N–H and O–H groups in total. The van der Waals surface area contributed by atoms with Crippen LogP contribution < -0.4 is 10.6 Å². The molecule has 166 valence electrons. The van der Waals surface area contributed by atoms with Crippen LogP contribution >= 0.6 is 0 Å². The fourth-order valence-electron chi connectivity index (χ4n) is 4.65. The molecule has 8 heteroatoms. The van der Waals surface area contributed by atoms with Gasteiger partial charge in [0.2, 0.25) is 15.9 Å². The summed E-state index contributed by atoms with van der Waals surface area (Å²) >= 11 is 0. The van der Waals surface area contributed by atoms with Gasteiger partial charge in [-0.25, -0.2) is 8.42 Å². The molecule has 0 aromatic heterocycles. The number of fused-ring (bicyclic) bond motifs is 1. The second kappa shape index (κ2) is 8.85. The van der Waals surface area contributed by atoms with E-state index in [1.807, 2.05) is 6.92 Å². The fourth-order valence-corrected chi connectivity index (χ4v) is 6.16. The highest BCUT2D eigenvalue weighted by Gasteiger charge is 2.36. The number of nitrogens with zero attached hydrogens (tertiary/aromatic N) is 1. The van der Waals surface area contributed by atoms with E-state index in [-0.39, 0.29) is 17.9 Å². The van der Waals surface area contributed by atoms with Crippen LogP contribution in [0, 0.1) is 11.8 Å². The highest BCUT2D eigenvalue weighted by molar-refractivity contribution is 7.89. The van der Waals surface area contributed by atoms with E-state index in [0.29, 0.717) is 36.4 Å². The van der Waals surface area contributed by atoms with E-state index < -0.39 is 10.0 Å². The number of hydrogen-bond donors (Lipinski definition) is 2. The van der Waals surface area contributed by atoms with E-state index in [1.54, 1.807) is 22.5 Å². The summed E-state index contributed by atoms with van der Waals surface area (Å²) in [5.74, 6) is 0.915. The number of rotatable bonds is 5. The summed E-state index contributed by atoms with van der Waals surface area (Å²) in [5.41, 5.74) is 1.74. The molecule has 0 radical (unpaired) electrons. The van der Waals surface area contributed by atoms with Crippen molar-refractivity contribution in [3.8, 4) is 0 Å². The fraction of sp³-hybridized carbons (Fsp3) is 0.682. The molecule has 3 aliphatic rings. The summed E-state index contributed by atoms with van der Waals surface area (Å²) in [7, 11) is -3.50. The van der Waals surface area contributed by atoms with Crippen molar-refractivity contribution < 1.29 is 17.9 Å². The first-order chi connectivity index (χ1) is 14.4. The molecule has 0 bridgehead atoms. The van der Waals surface area contributed by atoms with E-state index >= 15 is 0 Å². The number of ether oxygens (including phenoxy) is 1. The van der Waals surface area contributed by atoms with Crippen molar-refractivity contribution in [2.24, 2.45) is 11.8 Å². The molecule has 2 fully saturated rings. The maximum absolute atomic E-state index is 13.1. The summed E-state index contributed by atoms with van der Waals surface area (Å²) in [6, 6.07) is 4.84. The zero-order chi connectivity index (χ0) is 21.3. The third-order valence-corrected chi connectivity index (χ3v) is 8.79. The van der Waals surface area contributed by atoms with Gasteiger partial charge < -0.3 is 15.4 Å². The number of carbonyl (C=O) groups excluding carboxylic acids is 1. The number of amides is 1. The van der Waals surface area contributed by atoms with Gasteiger partial charge in [-0.15, -0.1) is 0 Å². The molecule has 2 unspecified atom stereocenters. The monoisotopic (exact) mass is 435 g/mol. The van der Waals surface area contributed by atoms with Crippen molar-refractivity contribution in [2.75, 3.05) is 38.2 Å². The summed E-state index contributed by atoms with van der Waals surface area (Å²) in [6.45, 7) is 7.48. The maximum atomic E-state index is 13.1. The minimum atomic E-state index is -3.50. The smallest absolute Gasteiger partial charge is 0.243 e. The minimum Gasteiger partial charge on any atom is -0.381 e. The van der Waals surface area contributed by atoms with Gasteiger partial charge in [0.1, 0.15) is 6.04 Å². The Balaban J connectivity index is 1.43. The van der Waals surface area contributed by atoms with Crippen molar-refractivity contribution in [2.45, 2.75) is 56.4 Å².